The number of hydroxylamine groups is 1. The van der Waals surface area contributed by atoms with E-state index in [1.807, 2.05) is 24.3 Å². The highest BCUT2D eigenvalue weighted by Crippen LogP contribution is 2.21. The number of nitrogens with one attached hydrogen (secondary N) is 2. The molecule has 1 aromatic rings. The summed E-state index contributed by atoms with van der Waals surface area (Å²) in [5.41, 5.74) is 3.39. The van der Waals surface area contributed by atoms with Gasteiger partial charge in [0, 0.05) is 24.9 Å². The van der Waals surface area contributed by atoms with Gasteiger partial charge in [0.25, 0.3) is 0 Å². The Hall–Kier alpha value is -2.41. The van der Waals surface area contributed by atoms with Gasteiger partial charge in [-0.05, 0) is 62.6 Å². The Morgan fingerprint density at radius 3 is 2.14 bits per heavy atom. The number of amides is 2. The Morgan fingerprint density at radius 1 is 0.897 bits per heavy atom. The van der Waals surface area contributed by atoms with Crippen molar-refractivity contribution < 1.29 is 24.3 Å². The predicted octanol–water partition coefficient (Wildman–Crippen LogP) is 3.89. The van der Waals surface area contributed by atoms with Crippen LogP contribution in [0, 0.1) is 0 Å². The maximum absolute atomic E-state index is 12.0. The van der Waals surface area contributed by atoms with E-state index in [0.717, 1.165) is 56.2 Å². The quantitative estimate of drug-likeness (QED) is 0.212. The number of esters is 1. The first-order chi connectivity index (χ1) is 14.1. The molecule has 1 saturated carbocycles. The molecule has 1 aliphatic carbocycles. The molecule has 29 heavy (non-hydrogen) atoms. The molecule has 0 aromatic heterocycles. The molecule has 0 unspecified atom stereocenters. The van der Waals surface area contributed by atoms with Gasteiger partial charge in [0.2, 0.25) is 11.8 Å². The van der Waals surface area contributed by atoms with Crippen molar-refractivity contribution in [3.05, 3.63) is 29.8 Å². The molecule has 160 valence electrons. The van der Waals surface area contributed by atoms with Crippen LogP contribution in [0.25, 0.3) is 0 Å². The summed E-state index contributed by atoms with van der Waals surface area (Å²) in [5, 5.41) is 11.3. The lowest BCUT2D eigenvalue weighted by atomic mass is 10.1. The highest BCUT2D eigenvalue weighted by Gasteiger charge is 2.18. The molecule has 7 heteroatoms. The first kappa shape index (κ1) is 22.9. The van der Waals surface area contributed by atoms with Gasteiger partial charge in [-0.2, -0.15) is 0 Å². The van der Waals surface area contributed by atoms with Gasteiger partial charge in [-0.1, -0.05) is 25.0 Å². The Balaban J connectivity index is 1.58. The molecule has 0 heterocycles. The fourth-order valence-corrected chi connectivity index (χ4v) is 3.46. The van der Waals surface area contributed by atoms with Crippen LogP contribution in [0.2, 0.25) is 0 Å². The Kier molecular flexibility index (Phi) is 10.2. The minimum absolute atomic E-state index is 0.0361. The molecule has 1 aliphatic rings. The van der Waals surface area contributed by atoms with E-state index in [1.54, 1.807) is 5.48 Å². The van der Waals surface area contributed by atoms with E-state index in [-0.39, 0.29) is 23.9 Å². The van der Waals surface area contributed by atoms with Gasteiger partial charge in [0.05, 0.1) is 0 Å². The third-order valence-corrected chi connectivity index (χ3v) is 5.14. The summed E-state index contributed by atoms with van der Waals surface area (Å²) >= 11 is 0. The second kappa shape index (κ2) is 12.9. The third kappa shape index (κ3) is 9.56. The van der Waals surface area contributed by atoms with Crippen molar-refractivity contribution in [2.75, 3.05) is 5.32 Å². The summed E-state index contributed by atoms with van der Waals surface area (Å²) < 4.78 is 5.46. The minimum atomic E-state index is -0.378. The molecule has 2 amide bonds. The summed E-state index contributed by atoms with van der Waals surface area (Å²) in [6.45, 7) is 0. The van der Waals surface area contributed by atoms with Gasteiger partial charge in [-0.3, -0.25) is 19.6 Å². The van der Waals surface area contributed by atoms with E-state index in [1.165, 1.54) is 0 Å². The topological polar surface area (TPSA) is 105 Å². The summed E-state index contributed by atoms with van der Waals surface area (Å²) in [4.78, 5) is 34.8. The Morgan fingerprint density at radius 2 is 1.52 bits per heavy atom. The second-order valence-electron chi connectivity index (χ2n) is 7.59. The monoisotopic (exact) mass is 404 g/mol. The first-order valence-corrected chi connectivity index (χ1v) is 10.6. The molecule has 0 aliphatic heterocycles. The Labute approximate surface area is 172 Å². The molecule has 0 spiro atoms. The number of benzene rings is 1. The first-order valence-electron chi connectivity index (χ1n) is 10.6. The molecule has 2 rings (SSSR count). The van der Waals surface area contributed by atoms with Gasteiger partial charge >= 0.3 is 5.97 Å². The van der Waals surface area contributed by atoms with E-state index in [9.17, 15) is 14.4 Å². The number of carbonyl (C=O) groups is 3. The number of anilines is 1. The van der Waals surface area contributed by atoms with Gasteiger partial charge in [-0.25, -0.2) is 5.48 Å². The average Bonchev–Trinajstić information content (AvgIpc) is 3.22. The molecule has 1 fully saturated rings. The molecule has 0 saturated heterocycles. The number of hydrogen-bond donors (Lipinski definition) is 3. The number of rotatable bonds is 12. The van der Waals surface area contributed by atoms with E-state index in [0.29, 0.717) is 32.1 Å². The van der Waals surface area contributed by atoms with Crippen LogP contribution < -0.4 is 10.8 Å². The van der Waals surface area contributed by atoms with E-state index in [2.05, 4.69) is 5.32 Å². The summed E-state index contributed by atoms with van der Waals surface area (Å²) in [6.07, 6.45) is 9.29. The number of unbranched alkanes of at least 4 members (excludes halogenated alkanes) is 3. The molecular formula is C22H32N2O5. The number of ether oxygens (including phenoxy) is 1. The molecule has 3 N–H and O–H groups in total. The SMILES string of the molecule is O=C(CCCCCCC(=O)Nc1ccc(CCC(=O)OC2CCCC2)cc1)NO. The highest BCUT2D eigenvalue weighted by atomic mass is 16.5. The standard InChI is InChI=1S/C22H32N2O5/c25-20(9-3-1-2-4-10-21(26)24-28)23-18-14-11-17(12-15-18)13-16-22(27)29-19-7-5-6-8-19/h11-12,14-15,19,28H,1-10,13,16H2,(H,23,25)(H,24,26). The van der Waals surface area contributed by atoms with Crippen LogP contribution in [0.3, 0.4) is 0 Å². The summed E-state index contributed by atoms with van der Waals surface area (Å²) in [5.74, 6) is -0.547. The van der Waals surface area contributed by atoms with Crippen molar-refractivity contribution in [3.63, 3.8) is 0 Å². The van der Waals surface area contributed by atoms with Crippen LogP contribution in [-0.4, -0.2) is 29.1 Å². The van der Waals surface area contributed by atoms with Crippen molar-refractivity contribution in [1.82, 2.24) is 5.48 Å². The van der Waals surface area contributed by atoms with Gasteiger partial charge in [-0.15, -0.1) is 0 Å². The predicted molar refractivity (Wildman–Crippen MR) is 109 cm³/mol. The maximum atomic E-state index is 12.0. The van der Waals surface area contributed by atoms with Crippen LogP contribution in [0.15, 0.2) is 24.3 Å². The van der Waals surface area contributed by atoms with Crippen molar-refractivity contribution in [2.45, 2.75) is 83.2 Å². The second-order valence-corrected chi connectivity index (χ2v) is 7.59. The fourth-order valence-electron chi connectivity index (χ4n) is 3.46. The van der Waals surface area contributed by atoms with E-state index >= 15 is 0 Å². The molecule has 0 radical (unpaired) electrons. The zero-order valence-corrected chi connectivity index (χ0v) is 17.0. The van der Waals surface area contributed by atoms with Gasteiger partial charge in [0.15, 0.2) is 0 Å². The van der Waals surface area contributed by atoms with Crippen molar-refractivity contribution >= 4 is 23.5 Å². The molecule has 0 bridgehead atoms. The normalized spacial score (nSPS) is 13.8. The fraction of sp³-hybridized carbons (Fsp3) is 0.591. The molecule has 1 aromatic carbocycles. The van der Waals surface area contributed by atoms with Crippen molar-refractivity contribution in [1.29, 1.82) is 0 Å². The number of hydrogen-bond acceptors (Lipinski definition) is 5. The molecular weight excluding hydrogens is 372 g/mol. The van der Waals surface area contributed by atoms with Crippen LogP contribution >= 0.6 is 0 Å². The average molecular weight is 405 g/mol. The highest BCUT2D eigenvalue weighted by molar-refractivity contribution is 5.90. The van der Waals surface area contributed by atoms with Crippen LogP contribution in [0.5, 0.6) is 0 Å². The summed E-state index contributed by atoms with van der Waals surface area (Å²) in [6, 6.07) is 7.54. The summed E-state index contributed by atoms with van der Waals surface area (Å²) in [7, 11) is 0. The number of carbonyl (C=O) groups excluding carboxylic acids is 3. The number of aryl methyl sites for hydroxylation is 1. The zero-order valence-electron chi connectivity index (χ0n) is 17.0. The van der Waals surface area contributed by atoms with Crippen molar-refractivity contribution in [2.24, 2.45) is 0 Å². The van der Waals surface area contributed by atoms with E-state index in [4.69, 9.17) is 9.94 Å². The lowest BCUT2D eigenvalue weighted by molar-refractivity contribution is -0.148. The van der Waals surface area contributed by atoms with Gasteiger partial charge < -0.3 is 10.1 Å². The maximum Gasteiger partial charge on any atom is 0.306 e. The van der Waals surface area contributed by atoms with Gasteiger partial charge in [0.1, 0.15) is 6.10 Å². The lowest BCUT2D eigenvalue weighted by Crippen LogP contribution is -2.17. The Bertz CT molecular complexity index is 654. The minimum Gasteiger partial charge on any atom is -0.462 e. The third-order valence-electron chi connectivity index (χ3n) is 5.14. The van der Waals surface area contributed by atoms with Crippen LogP contribution in [-0.2, 0) is 25.5 Å². The van der Waals surface area contributed by atoms with Crippen LogP contribution in [0.1, 0.15) is 76.2 Å². The molecule has 0 atom stereocenters. The smallest absolute Gasteiger partial charge is 0.306 e. The van der Waals surface area contributed by atoms with E-state index < -0.39 is 0 Å². The van der Waals surface area contributed by atoms with Crippen molar-refractivity contribution in [3.8, 4) is 0 Å². The molecule has 7 nitrogen and oxygen atoms in total. The lowest BCUT2D eigenvalue weighted by Gasteiger charge is -2.11. The zero-order chi connectivity index (χ0) is 20.9. The van der Waals surface area contributed by atoms with Crippen LogP contribution in [0.4, 0.5) is 5.69 Å². The largest absolute Gasteiger partial charge is 0.462 e.